The molecule has 0 amide bonds. The van der Waals surface area contributed by atoms with Crippen LogP contribution in [0.3, 0.4) is 0 Å². The van der Waals surface area contributed by atoms with Crippen LogP contribution in [-0.2, 0) is 4.79 Å². The minimum atomic E-state index is -3.05. The molecular weight excluding hydrogens is 320 g/mol. The predicted octanol–water partition coefficient (Wildman–Crippen LogP) is 3.62. The summed E-state index contributed by atoms with van der Waals surface area (Å²) >= 11 is 0. The Morgan fingerprint density at radius 3 is 2.60 bits per heavy atom. The van der Waals surface area contributed by atoms with Gasteiger partial charge in [-0.05, 0) is 50.4 Å². The van der Waals surface area contributed by atoms with Crippen molar-refractivity contribution in [1.29, 1.82) is 0 Å². The van der Waals surface area contributed by atoms with Gasteiger partial charge in [-0.3, -0.25) is 0 Å². The van der Waals surface area contributed by atoms with Gasteiger partial charge in [-0.15, -0.1) is 0 Å². The van der Waals surface area contributed by atoms with Crippen LogP contribution in [0.1, 0.15) is 84.0 Å². The molecular formula is C20H36O5. The van der Waals surface area contributed by atoms with Gasteiger partial charge in [-0.25, -0.2) is 4.79 Å². The average molecular weight is 357 g/mol. The molecule has 0 aromatic heterocycles. The highest BCUT2D eigenvalue weighted by atomic mass is 16.6. The summed E-state index contributed by atoms with van der Waals surface area (Å²) in [6, 6.07) is 0. The molecule has 3 atom stereocenters. The fourth-order valence-electron chi connectivity index (χ4n) is 3.73. The van der Waals surface area contributed by atoms with Crippen molar-refractivity contribution < 1.29 is 25.2 Å². The van der Waals surface area contributed by atoms with Crippen LogP contribution in [0.2, 0.25) is 0 Å². The van der Waals surface area contributed by atoms with Gasteiger partial charge in [0.15, 0.2) is 0 Å². The molecule has 5 heteroatoms. The molecule has 0 aromatic rings. The summed E-state index contributed by atoms with van der Waals surface area (Å²) in [5, 5.41) is 36.8. The summed E-state index contributed by atoms with van der Waals surface area (Å²) < 4.78 is 0. The molecule has 1 aliphatic carbocycles. The van der Waals surface area contributed by atoms with E-state index in [0.29, 0.717) is 18.3 Å². The van der Waals surface area contributed by atoms with Crippen LogP contribution >= 0.6 is 0 Å². The Labute approximate surface area is 151 Å². The van der Waals surface area contributed by atoms with Gasteiger partial charge < -0.3 is 20.4 Å². The van der Waals surface area contributed by atoms with E-state index in [-0.39, 0.29) is 6.42 Å². The topological polar surface area (TPSA) is 98.0 Å². The molecule has 1 saturated carbocycles. The van der Waals surface area contributed by atoms with Crippen LogP contribution in [0.5, 0.6) is 0 Å². The summed E-state index contributed by atoms with van der Waals surface area (Å²) in [4.78, 5) is 10.7. The molecule has 5 nitrogen and oxygen atoms in total. The van der Waals surface area contributed by atoms with Gasteiger partial charge >= 0.3 is 5.97 Å². The monoisotopic (exact) mass is 356 g/mol. The van der Waals surface area contributed by atoms with Crippen LogP contribution in [0.4, 0.5) is 0 Å². The van der Waals surface area contributed by atoms with Crippen molar-refractivity contribution in [1.82, 2.24) is 0 Å². The number of carboxylic acids is 1. The lowest BCUT2D eigenvalue weighted by Gasteiger charge is -2.23. The molecule has 0 heterocycles. The summed E-state index contributed by atoms with van der Waals surface area (Å²) in [7, 11) is 0. The van der Waals surface area contributed by atoms with E-state index >= 15 is 0 Å². The van der Waals surface area contributed by atoms with Gasteiger partial charge in [0.1, 0.15) is 6.10 Å². The number of aliphatic hydroxyl groups excluding tert-OH is 1. The fraction of sp³-hybridized carbons (Fsp3) is 0.850. The first-order valence-electron chi connectivity index (χ1n) is 9.92. The molecule has 1 unspecified atom stereocenters. The van der Waals surface area contributed by atoms with Crippen molar-refractivity contribution in [2.75, 3.05) is 0 Å². The standard InChI is InChI=1S/C20H36O5/c1-2-3-4-5-6-7-11-16-13-10-14-17(16)12-8-9-15-18(21)20(24,25)19(22)23/h7,11,16-18,21,24-25H,2-6,8-10,12-15H2,1H3,(H,22,23)/t16-,17-,18?/m0/s1. The Bertz CT molecular complexity index is 405. The van der Waals surface area contributed by atoms with Crippen molar-refractivity contribution >= 4 is 5.97 Å². The number of carbonyl (C=O) groups is 1. The molecule has 0 aromatic carbocycles. The number of carboxylic acid groups (broad SMARTS) is 1. The SMILES string of the molecule is CCCCCCC=C[C@H]1CCC[C@@H]1CCCCC(O)C(O)(O)C(=O)O. The number of hydrogen-bond donors (Lipinski definition) is 4. The van der Waals surface area contributed by atoms with Gasteiger partial charge in [-0.2, -0.15) is 0 Å². The van der Waals surface area contributed by atoms with E-state index in [1.165, 1.54) is 51.4 Å². The first kappa shape index (κ1) is 22.1. The average Bonchev–Trinajstić information content (AvgIpc) is 3.01. The number of allylic oxidation sites excluding steroid dienone is 2. The summed E-state index contributed by atoms with van der Waals surface area (Å²) in [5.41, 5.74) is 0. The maximum Gasteiger partial charge on any atom is 0.366 e. The lowest BCUT2D eigenvalue weighted by atomic mass is 9.89. The van der Waals surface area contributed by atoms with E-state index in [9.17, 15) is 20.1 Å². The Morgan fingerprint density at radius 2 is 1.92 bits per heavy atom. The second-order valence-electron chi connectivity index (χ2n) is 7.46. The molecule has 25 heavy (non-hydrogen) atoms. The number of aliphatic carboxylic acids is 1. The van der Waals surface area contributed by atoms with Crippen molar-refractivity contribution in [2.24, 2.45) is 11.8 Å². The number of aliphatic hydroxyl groups is 3. The van der Waals surface area contributed by atoms with Crippen LogP contribution in [0, 0.1) is 11.8 Å². The third-order valence-electron chi connectivity index (χ3n) is 5.41. The lowest BCUT2D eigenvalue weighted by molar-refractivity contribution is -0.237. The van der Waals surface area contributed by atoms with E-state index in [4.69, 9.17) is 5.11 Å². The third-order valence-corrected chi connectivity index (χ3v) is 5.41. The Morgan fingerprint density at radius 1 is 1.16 bits per heavy atom. The highest BCUT2D eigenvalue weighted by Gasteiger charge is 2.41. The molecule has 4 N–H and O–H groups in total. The number of hydrogen-bond acceptors (Lipinski definition) is 4. The Balaban J connectivity index is 2.23. The van der Waals surface area contributed by atoms with E-state index < -0.39 is 17.9 Å². The summed E-state index contributed by atoms with van der Waals surface area (Å²) in [6.45, 7) is 2.22. The number of rotatable bonds is 13. The molecule has 0 radical (unpaired) electrons. The maximum absolute atomic E-state index is 10.7. The van der Waals surface area contributed by atoms with Gasteiger partial charge in [-0.1, -0.05) is 57.6 Å². The molecule has 0 saturated heterocycles. The minimum absolute atomic E-state index is 0.0873. The largest absolute Gasteiger partial charge is 0.477 e. The van der Waals surface area contributed by atoms with Crippen LogP contribution in [0.15, 0.2) is 12.2 Å². The maximum atomic E-state index is 10.7. The van der Waals surface area contributed by atoms with Crippen molar-refractivity contribution in [3.05, 3.63) is 12.2 Å². The normalized spacial score (nSPS) is 22.6. The molecule has 1 rings (SSSR count). The summed E-state index contributed by atoms with van der Waals surface area (Å²) in [5.74, 6) is -3.54. The zero-order chi connectivity index (χ0) is 18.7. The van der Waals surface area contributed by atoms with Crippen LogP contribution in [-0.4, -0.2) is 38.3 Å². The van der Waals surface area contributed by atoms with Crippen molar-refractivity contribution in [3.8, 4) is 0 Å². The summed E-state index contributed by atoms with van der Waals surface area (Å²) in [6.07, 6.45) is 15.7. The first-order chi connectivity index (χ1) is 11.9. The molecule has 146 valence electrons. The molecule has 1 fully saturated rings. The highest BCUT2D eigenvalue weighted by molar-refractivity contribution is 5.75. The van der Waals surface area contributed by atoms with E-state index in [0.717, 1.165) is 12.8 Å². The Kier molecular flexibility index (Phi) is 10.3. The van der Waals surface area contributed by atoms with E-state index in [1.54, 1.807) is 0 Å². The van der Waals surface area contributed by atoms with Gasteiger partial charge in [0.2, 0.25) is 0 Å². The zero-order valence-electron chi connectivity index (χ0n) is 15.6. The van der Waals surface area contributed by atoms with E-state index in [1.807, 2.05) is 0 Å². The van der Waals surface area contributed by atoms with Gasteiger partial charge in [0.25, 0.3) is 5.79 Å². The zero-order valence-corrected chi connectivity index (χ0v) is 15.6. The minimum Gasteiger partial charge on any atom is -0.477 e. The lowest BCUT2D eigenvalue weighted by Crippen LogP contribution is -2.49. The smallest absolute Gasteiger partial charge is 0.366 e. The molecule has 0 bridgehead atoms. The second-order valence-corrected chi connectivity index (χ2v) is 7.46. The first-order valence-corrected chi connectivity index (χ1v) is 9.92. The molecule has 1 aliphatic rings. The second kappa shape index (κ2) is 11.7. The quantitative estimate of drug-likeness (QED) is 0.229. The highest BCUT2D eigenvalue weighted by Crippen LogP contribution is 2.36. The van der Waals surface area contributed by atoms with E-state index in [2.05, 4.69) is 19.1 Å². The predicted molar refractivity (Wildman–Crippen MR) is 98.0 cm³/mol. The third kappa shape index (κ3) is 7.89. The number of unbranched alkanes of at least 4 members (excludes halogenated alkanes) is 5. The van der Waals surface area contributed by atoms with Gasteiger partial charge in [0, 0.05) is 0 Å². The Hall–Kier alpha value is -0.910. The molecule has 0 spiro atoms. The van der Waals surface area contributed by atoms with Gasteiger partial charge in [0.05, 0.1) is 0 Å². The fourth-order valence-corrected chi connectivity index (χ4v) is 3.73. The van der Waals surface area contributed by atoms with Crippen molar-refractivity contribution in [2.45, 2.75) is 95.9 Å². The van der Waals surface area contributed by atoms with Crippen LogP contribution < -0.4 is 0 Å². The van der Waals surface area contributed by atoms with Crippen molar-refractivity contribution in [3.63, 3.8) is 0 Å². The van der Waals surface area contributed by atoms with Crippen LogP contribution in [0.25, 0.3) is 0 Å². The molecule has 0 aliphatic heterocycles.